The lowest BCUT2D eigenvalue weighted by atomic mass is 10.2. The molecule has 0 bridgehead atoms. The molecule has 1 aromatic heterocycles. The number of amides is 2. The first-order valence-electron chi connectivity index (χ1n) is 8.19. The number of carbonyl (C=O) groups excluding carboxylic acids is 1. The summed E-state index contributed by atoms with van der Waals surface area (Å²) in [4.78, 5) is 20.3. The van der Waals surface area contributed by atoms with Crippen molar-refractivity contribution < 1.29 is 18.8 Å². The molecule has 28 heavy (non-hydrogen) atoms. The normalized spacial score (nSPS) is 15.0. The number of nitrogens with zero attached hydrogens (tertiary/aromatic N) is 2. The number of nitrogens with one attached hydrogen (secondary N) is 3. The van der Waals surface area contributed by atoms with Gasteiger partial charge in [0.1, 0.15) is 6.10 Å². The Kier molecular flexibility index (Phi) is 7.22. The fourth-order valence-corrected chi connectivity index (χ4v) is 2.65. The highest BCUT2D eigenvalue weighted by Gasteiger charge is 2.15. The highest BCUT2D eigenvalue weighted by atomic mass is 79.9. The molecule has 0 aliphatic rings. The van der Waals surface area contributed by atoms with Crippen molar-refractivity contribution in [2.24, 2.45) is 0 Å². The number of aromatic nitrogens is 2. The Morgan fingerprint density at radius 2 is 2.04 bits per heavy atom. The number of anilines is 3. The van der Waals surface area contributed by atoms with E-state index in [4.69, 9.17) is 4.74 Å². The number of benzene rings is 1. The average Bonchev–Trinajstić information content (AvgIpc) is 2.56. The Bertz CT molecular complexity index is 952. The number of urea groups is 1. The smallest absolute Gasteiger partial charge is 0.330 e. The minimum absolute atomic E-state index is 0.270. The molecular formula is C17H22BrN5O4S. The van der Waals surface area contributed by atoms with Crippen molar-refractivity contribution in [1.29, 1.82) is 0 Å². The molecule has 2 rings (SSSR count). The molecule has 0 radical (unpaired) electrons. The van der Waals surface area contributed by atoms with Crippen LogP contribution in [0.2, 0.25) is 0 Å². The number of aliphatic hydroxyl groups excluding tert-OH is 1. The summed E-state index contributed by atoms with van der Waals surface area (Å²) in [5.41, 5.74) is 1.09. The number of hydrogen-bond donors (Lipinski definition) is 4. The van der Waals surface area contributed by atoms with Gasteiger partial charge in [-0.15, -0.1) is 0 Å². The third-order valence-corrected chi connectivity index (χ3v) is 4.54. The molecule has 0 saturated carbocycles. The molecule has 0 aliphatic heterocycles. The average molecular weight is 472 g/mol. The van der Waals surface area contributed by atoms with Gasteiger partial charge in [-0.05, 0) is 53.8 Å². The molecule has 3 atom stereocenters. The van der Waals surface area contributed by atoms with Gasteiger partial charge in [-0.1, -0.05) is 6.07 Å². The number of hydrogen-bond acceptors (Lipinski definition) is 7. The van der Waals surface area contributed by atoms with Crippen LogP contribution in [0.15, 0.2) is 34.9 Å². The number of rotatable bonds is 7. The van der Waals surface area contributed by atoms with Crippen molar-refractivity contribution in [2.75, 3.05) is 16.9 Å². The van der Waals surface area contributed by atoms with Crippen LogP contribution in [0.4, 0.5) is 22.1 Å². The highest BCUT2D eigenvalue weighted by Crippen LogP contribution is 2.26. The lowest BCUT2D eigenvalue weighted by Crippen LogP contribution is -2.33. The van der Waals surface area contributed by atoms with Crippen molar-refractivity contribution in [2.45, 2.75) is 26.1 Å². The van der Waals surface area contributed by atoms with Gasteiger partial charge in [-0.2, -0.15) is 4.98 Å². The van der Waals surface area contributed by atoms with E-state index >= 15 is 0 Å². The fourth-order valence-electron chi connectivity index (χ4n) is 1.93. The summed E-state index contributed by atoms with van der Waals surface area (Å²) in [5.74, 6) is 3.92. The van der Waals surface area contributed by atoms with Gasteiger partial charge in [-0.3, -0.25) is 4.72 Å². The fraction of sp³-hybridized carbons (Fsp3) is 0.294. The number of carbonyl (C=O) groups is 1. The predicted molar refractivity (Wildman–Crippen MR) is 115 cm³/mol. The van der Waals surface area contributed by atoms with Crippen molar-refractivity contribution in [3.8, 4) is 5.88 Å². The summed E-state index contributed by atoms with van der Waals surface area (Å²) in [5, 5.41) is 15.2. The third kappa shape index (κ3) is 6.98. The summed E-state index contributed by atoms with van der Waals surface area (Å²) in [6.45, 7) is 3.35. The van der Waals surface area contributed by atoms with E-state index < -0.39 is 27.9 Å². The van der Waals surface area contributed by atoms with Crippen LogP contribution >= 0.6 is 15.9 Å². The van der Waals surface area contributed by atoms with Crippen LogP contribution in [-0.2, 0) is 9.71 Å². The lowest BCUT2D eigenvalue weighted by molar-refractivity contribution is 0.0569. The first-order chi connectivity index (χ1) is 13.0. The quantitative estimate of drug-likeness (QED) is 0.457. The molecule has 9 nitrogen and oxygen atoms in total. The Morgan fingerprint density at radius 1 is 1.36 bits per heavy atom. The molecule has 1 aromatic carbocycles. The van der Waals surface area contributed by atoms with Gasteiger partial charge in [-0.25, -0.2) is 14.0 Å². The largest absolute Gasteiger partial charge is 0.471 e. The minimum Gasteiger partial charge on any atom is -0.471 e. The van der Waals surface area contributed by atoms with Gasteiger partial charge in [0.15, 0.2) is 0 Å². The summed E-state index contributed by atoms with van der Waals surface area (Å²) in [6.07, 6.45) is 1.74. The van der Waals surface area contributed by atoms with Crippen LogP contribution in [0, 0.1) is 0 Å². The van der Waals surface area contributed by atoms with Gasteiger partial charge in [0.05, 0.1) is 16.8 Å². The Labute approximate surface area is 172 Å². The van der Waals surface area contributed by atoms with Crippen LogP contribution < -0.4 is 20.1 Å². The van der Waals surface area contributed by atoms with E-state index in [0.29, 0.717) is 15.8 Å². The number of ether oxygens (including phenoxy) is 1. The van der Waals surface area contributed by atoms with E-state index in [1.807, 2.05) is 0 Å². The zero-order chi connectivity index (χ0) is 20.9. The molecule has 4 N–H and O–H groups in total. The Hall–Kier alpha value is -2.37. The summed E-state index contributed by atoms with van der Waals surface area (Å²) in [6, 6.07) is 6.19. The standard InChI is InChI=1S/C17H22BrN5O4S/c1-10(24)11(2)27-15-14(18)9-19-16(22-15)20-12-6-5-7-13(8-12)21-17(25)23-28(3,4)26/h5-11,24H,3H2,1-2,4H3,(H,19,20,22)(H2,21,23,25,26)/t10-,11-,28?/m1/s1. The monoisotopic (exact) mass is 471 g/mol. The predicted octanol–water partition coefficient (Wildman–Crippen LogP) is 2.51. The minimum atomic E-state index is -2.66. The van der Waals surface area contributed by atoms with E-state index in [0.717, 1.165) is 0 Å². The first kappa shape index (κ1) is 21.9. The summed E-state index contributed by atoms with van der Waals surface area (Å²) in [7, 11) is -2.66. The molecule has 152 valence electrons. The van der Waals surface area contributed by atoms with E-state index in [9.17, 15) is 14.1 Å². The van der Waals surface area contributed by atoms with Gasteiger partial charge >= 0.3 is 6.03 Å². The van der Waals surface area contributed by atoms with E-state index in [-0.39, 0.29) is 11.8 Å². The van der Waals surface area contributed by atoms with Gasteiger partial charge in [0.2, 0.25) is 11.8 Å². The molecule has 0 saturated heterocycles. The van der Waals surface area contributed by atoms with E-state index in [1.165, 1.54) is 12.5 Å². The first-order valence-corrected chi connectivity index (χ1v) is 11.1. The topological polar surface area (TPSA) is 125 Å². The molecule has 0 fully saturated rings. The van der Waals surface area contributed by atoms with Crippen molar-refractivity contribution in [1.82, 2.24) is 14.7 Å². The van der Waals surface area contributed by atoms with Crippen molar-refractivity contribution in [3.05, 3.63) is 34.9 Å². The second kappa shape index (κ2) is 9.22. The maximum absolute atomic E-state index is 11.8. The zero-order valence-electron chi connectivity index (χ0n) is 15.6. The molecule has 2 amide bonds. The van der Waals surface area contributed by atoms with Crippen molar-refractivity contribution >= 4 is 54.9 Å². The molecule has 0 aliphatic carbocycles. The van der Waals surface area contributed by atoms with Crippen molar-refractivity contribution in [3.63, 3.8) is 0 Å². The highest BCUT2D eigenvalue weighted by molar-refractivity contribution is 9.10. The Balaban J connectivity index is 2.12. The van der Waals surface area contributed by atoms with Gasteiger partial charge in [0.25, 0.3) is 0 Å². The molecule has 1 unspecified atom stereocenters. The maximum Gasteiger partial charge on any atom is 0.330 e. The van der Waals surface area contributed by atoms with Crippen LogP contribution in [0.5, 0.6) is 5.88 Å². The van der Waals surface area contributed by atoms with Gasteiger partial charge in [0, 0.05) is 27.3 Å². The maximum atomic E-state index is 11.8. The lowest BCUT2D eigenvalue weighted by Gasteiger charge is -2.17. The molecule has 2 aromatic rings. The van der Waals surface area contributed by atoms with Crippen LogP contribution in [0.1, 0.15) is 13.8 Å². The summed E-state index contributed by atoms with van der Waals surface area (Å²) >= 11 is 3.31. The second-order valence-corrected chi connectivity index (χ2v) is 9.25. The van der Waals surface area contributed by atoms with E-state index in [1.54, 1.807) is 38.1 Å². The SMILES string of the molecule is C=S(C)(=O)NC(=O)Nc1cccc(Nc2ncc(Br)c(O[C@H](C)[C@@H](C)O)n2)c1. The third-order valence-electron chi connectivity index (χ3n) is 3.37. The molecule has 1 heterocycles. The van der Waals surface area contributed by atoms with Crippen LogP contribution in [-0.4, -0.2) is 49.6 Å². The van der Waals surface area contributed by atoms with Crippen LogP contribution in [0.25, 0.3) is 0 Å². The second-order valence-electron chi connectivity index (χ2n) is 6.18. The number of aliphatic hydroxyl groups is 1. The molecule has 0 spiro atoms. The Morgan fingerprint density at radius 3 is 2.68 bits per heavy atom. The van der Waals surface area contributed by atoms with Crippen LogP contribution in [0.3, 0.4) is 0 Å². The zero-order valence-corrected chi connectivity index (χ0v) is 18.0. The molecular weight excluding hydrogens is 450 g/mol. The van der Waals surface area contributed by atoms with Gasteiger partial charge < -0.3 is 20.5 Å². The number of halogens is 1. The summed E-state index contributed by atoms with van der Waals surface area (Å²) < 4.78 is 20.0. The van der Waals surface area contributed by atoms with E-state index in [2.05, 4.69) is 47.1 Å². The molecule has 11 heteroatoms.